The molecule has 2 aliphatic rings. The summed E-state index contributed by atoms with van der Waals surface area (Å²) in [6.07, 6.45) is 6.69. The SMILES string of the molecule is CC(C)(NC(=O)O)C(Cc1cccc(/N=C(\N)c2cccs2)c1)C1CCN(C(=O)CCCCC2CCSS2)CC1. The van der Waals surface area contributed by atoms with Gasteiger partial charge in [-0.1, -0.05) is 46.2 Å². The lowest BCUT2D eigenvalue weighted by molar-refractivity contribution is -0.133. The molecular formula is C30H42N4O3S3. The second kappa shape index (κ2) is 14.6. The van der Waals surface area contributed by atoms with Gasteiger partial charge in [0.15, 0.2) is 0 Å². The van der Waals surface area contributed by atoms with Crippen molar-refractivity contribution in [2.75, 3.05) is 18.8 Å². The number of hydrogen-bond donors (Lipinski definition) is 3. The average molecular weight is 603 g/mol. The molecule has 2 fully saturated rings. The minimum absolute atomic E-state index is 0.0662. The predicted octanol–water partition coefficient (Wildman–Crippen LogP) is 6.94. The van der Waals surface area contributed by atoms with Gasteiger partial charge in [0.2, 0.25) is 5.91 Å². The number of benzene rings is 1. The number of amidine groups is 1. The molecule has 2 saturated heterocycles. The lowest BCUT2D eigenvalue weighted by Gasteiger charge is -2.43. The van der Waals surface area contributed by atoms with E-state index in [0.717, 1.165) is 60.2 Å². The maximum atomic E-state index is 12.9. The Kier molecular flexibility index (Phi) is 11.3. The first-order valence-electron chi connectivity index (χ1n) is 14.3. The molecule has 0 spiro atoms. The first kappa shape index (κ1) is 30.8. The minimum Gasteiger partial charge on any atom is -0.465 e. The predicted molar refractivity (Wildman–Crippen MR) is 170 cm³/mol. The number of nitrogens with two attached hydrogens (primary N) is 1. The Morgan fingerprint density at radius 1 is 1.18 bits per heavy atom. The third kappa shape index (κ3) is 8.91. The fraction of sp³-hybridized carbons (Fsp3) is 0.567. The molecule has 4 rings (SSSR count). The number of hydrogen-bond acceptors (Lipinski definition) is 6. The zero-order valence-electron chi connectivity index (χ0n) is 23.5. The van der Waals surface area contributed by atoms with Crippen molar-refractivity contribution in [2.45, 2.75) is 76.0 Å². The highest BCUT2D eigenvalue weighted by molar-refractivity contribution is 8.77. The molecule has 10 heteroatoms. The van der Waals surface area contributed by atoms with Crippen LogP contribution in [0.5, 0.6) is 0 Å². The molecule has 1 aromatic heterocycles. The molecule has 40 heavy (non-hydrogen) atoms. The monoisotopic (exact) mass is 602 g/mol. The molecule has 2 aliphatic heterocycles. The van der Waals surface area contributed by atoms with Crippen molar-refractivity contribution in [3.05, 3.63) is 52.2 Å². The number of nitrogens with zero attached hydrogens (tertiary/aromatic N) is 2. The Bertz CT molecular complexity index is 1140. The largest absolute Gasteiger partial charge is 0.465 e. The van der Waals surface area contributed by atoms with E-state index in [1.165, 1.54) is 18.6 Å². The minimum atomic E-state index is -1.01. The summed E-state index contributed by atoms with van der Waals surface area (Å²) < 4.78 is 0. The van der Waals surface area contributed by atoms with Crippen LogP contribution < -0.4 is 11.1 Å². The number of amides is 2. The van der Waals surface area contributed by atoms with Gasteiger partial charge in [0, 0.05) is 36.1 Å². The van der Waals surface area contributed by atoms with Crippen molar-refractivity contribution in [1.82, 2.24) is 10.2 Å². The van der Waals surface area contributed by atoms with Crippen LogP contribution in [0.4, 0.5) is 10.5 Å². The van der Waals surface area contributed by atoms with E-state index in [-0.39, 0.29) is 11.8 Å². The number of unbranched alkanes of at least 4 members (excludes halogenated alkanes) is 1. The van der Waals surface area contributed by atoms with Gasteiger partial charge < -0.3 is 21.1 Å². The maximum absolute atomic E-state index is 12.9. The van der Waals surface area contributed by atoms with Crippen LogP contribution in [0, 0.1) is 11.8 Å². The summed E-state index contributed by atoms with van der Waals surface area (Å²) in [5.74, 6) is 2.38. The molecule has 2 unspecified atom stereocenters. The highest BCUT2D eigenvalue weighted by Crippen LogP contribution is 2.40. The summed E-state index contributed by atoms with van der Waals surface area (Å²) in [6, 6.07) is 12.0. The summed E-state index contributed by atoms with van der Waals surface area (Å²) in [5.41, 5.74) is 7.48. The molecule has 7 nitrogen and oxygen atoms in total. The number of carbonyl (C=O) groups excluding carboxylic acids is 1. The standard InChI is InChI=1S/C30H42N4O3S3/c1-30(2,33-29(36)37)25(20-21-7-5-8-23(19-21)32-28(31)26-10-6-17-38-26)22-12-15-34(16-13-22)27(35)11-4-3-9-24-14-18-39-40-24/h5-8,10,17,19,22,24-25,33H,3-4,9,11-16,18,20H2,1-2H3,(H2,31,32)(H,36,37). The van der Waals surface area contributed by atoms with Gasteiger partial charge in [0.1, 0.15) is 5.84 Å². The third-order valence-electron chi connectivity index (χ3n) is 8.10. The average Bonchev–Trinajstić information content (AvgIpc) is 3.64. The number of thiophene rings is 1. The van der Waals surface area contributed by atoms with Gasteiger partial charge in [-0.3, -0.25) is 4.79 Å². The topological polar surface area (TPSA) is 108 Å². The van der Waals surface area contributed by atoms with Gasteiger partial charge in [-0.2, -0.15) is 0 Å². The highest BCUT2D eigenvalue weighted by atomic mass is 33.1. The van der Waals surface area contributed by atoms with Crippen molar-refractivity contribution in [2.24, 2.45) is 22.6 Å². The van der Waals surface area contributed by atoms with E-state index in [1.54, 1.807) is 11.3 Å². The fourth-order valence-electron chi connectivity index (χ4n) is 5.93. The van der Waals surface area contributed by atoms with Crippen LogP contribution in [0.1, 0.15) is 69.2 Å². The molecule has 218 valence electrons. The number of aliphatic imine (C=N–C) groups is 1. The van der Waals surface area contributed by atoms with Gasteiger partial charge in [0.25, 0.3) is 0 Å². The van der Waals surface area contributed by atoms with Crippen molar-refractivity contribution >= 4 is 56.4 Å². The molecule has 1 aromatic carbocycles. The van der Waals surface area contributed by atoms with Gasteiger partial charge in [-0.05, 0) is 93.4 Å². The number of rotatable bonds is 12. The van der Waals surface area contributed by atoms with Gasteiger partial charge >= 0.3 is 6.09 Å². The molecule has 0 saturated carbocycles. The van der Waals surface area contributed by atoms with E-state index in [9.17, 15) is 14.7 Å². The second-order valence-electron chi connectivity index (χ2n) is 11.4. The van der Waals surface area contributed by atoms with Crippen LogP contribution in [0.3, 0.4) is 0 Å². The summed E-state index contributed by atoms with van der Waals surface area (Å²) in [5, 5.41) is 15.1. The molecule has 2 atom stereocenters. The Morgan fingerprint density at radius 3 is 2.65 bits per heavy atom. The first-order valence-corrected chi connectivity index (χ1v) is 17.5. The summed E-state index contributed by atoms with van der Waals surface area (Å²) >= 11 is 1.56. The zero-order chi connectivity index (χ0) is 28.5. The summed E-state index contributed by atoms with van der Waals surface area (Å²) in [4.78, 5) is 32.2. The molecule has 0 radical (unpaired) electrons. The van der Waals surface area contributed by atoms with E-state index in [2.05, 4.69) is 16.4 Å². The molecule has 4 N–H and O–H groups in total. The molecule has 3 heterocycles. The normalized spacial score (nSPS) is 19.5. The summed E-state index contributed by atoms with van der Waals surface area (Å²) in [7, 11) is 3.98. The van der Waals surface area contributed by atoms with Crippen molar-refractivity contribution < 1.29 is 14.7 Å². The Morgan fingerprint density at radius 2 is 1.98 bits per heavy atom. The number of carboxylic acid groups (broad SMARTS) is 1. The van der Waals surface area contributed by atoms with Gasteiger partial charge in [-0.25, -0.2) is 9.79 Å². The summed E-state index contributed by atoms with van der Waals surface area (Å²) in [6.45, 7) is 5.42. The highest BCUT2D eigenvalue weighted by Gasteiger charge is 2.39. The van der Waals surface area contributed by atoms with E-state index in [1.807, 2.05) is 76.0 Å². The lowest BCUT2D eigenvalue weighted by Crippen LogP contribution is -2.53. The van der Waals surface area contributed by atoms with Crippen LogP contribution in [-0.4, -0.2) is 57.5 Å². The first-order chi connectivity index (χ1) is 19.2. The molecular weight excluding hydrogens is 561 g/mol. The number of likely N-dealkylation sites (tertiary alicyclic amines) is 1. The number of carbonyl (C=O) groups is 2. The maximum Gasteiger partial charge on any atom is 0.405 e. The number of nitrogens with one attached hydrogen (secondary N) is 1. The quantitative estimate of drug-likeness (QED) is 0.105. The fourth-order valence-corrected chi connectivity index (χ4v) is 9.58. The van der Waals surface area contributed by atoms with Crippen LogP contribution >= 0.6 is 32.9 Å². The van der Waals surface area contributed by atoms with Crippen molar-refractivity contribution in [3.63, 3.8) is 0 Å². The van der Waals surface area contributed by atoms with E-state index < -0.39 is 11.6 Å². The lowest BCUT2D eigenvalue weighted by atomic mass is 9.71. The van der Waals surface area contributed by atoms with Crippen LogP contribution in [0.25, 0.3) is 0 Å². The van der Waals surface area contributed by atoms with Crippen LogP contribution in [0.2, 0.25) is 0 Å². The Balaban J connectivity index is 1.37. The molecule has 2 aromatic rings. The van der Waals surface area contributed by atoms with Crippen LogP contribution in [0.15, 0.2) is 46.8 Å². The van der Waals surface area contributed by atoms with E-state index in [4.69, 9.17) is 5.73 Å². The van der Waals surface area contributed by atoms with Crippen molar-refractivity contribution in [3.8, 4) is 0 Å². The Labute approximate surface area is 250 Å². The molecule has 0 bridgehead atoms. The molecule has 2 amide bonds. The van der Waals surface area contributed by atoms with Gasteiger partial charge in [0.05, 0.1) is 10.6 Å². The zero-order valence-corrected chi connectivity index (χ0v) is 26.0. The van der Waals surface area contributed by atoms with E-state index in [0.29, 0.717) is 24.6 Å². The van der Waals surface area contributed by atoms with Crippen LogP contribution in [-0.2, 0) is 11.2 Å². The molecule has 0 aliphatic carbocycles. The van der Waals surface area contributed by atoms with E-state index >= 15 is 0 Å². The number of piperidine rings is 1. The van der Waals surface area contributed by atoms with Gasteiger partial charge in [-0.15, -0.1) is 11.3 Å². The van der Waals surface area contributed by atoms with Crippen molar-refractivity contribution in [1.29, 1.82) is 0 Å². The smallest absolute Gasteiger partial charge is 0.405 e. The second-order valence-corrected chi connectivity index (χ2v) is 15.1. The third-order valence-corrected chi connectivity index (χ3v) is 12.0. The Hall–Kier alpha value is -2.17.